The lowest BCUT2D eigenvalue weighted by Gasteiger charge is -2.35. The molecule has 2 N–H and O–H groups in total. The van der Waals surface area contributed by atoms with E-state index in [1.54, 1.807) is 16.6 Å². The number of aromatic nitrogens is 4. The zero-order valence-corrected chi connectivity index (χ0v) is 17.0. The predicted octanol–water partition coefficient (Wildman–Crippen LogP) is 1.40. The molecule has 158 valence electrons. The molecule has 0 bridgehead atoms. The first-order valence-corrected chi connectivity index (χ1v) is 9.95. The lowest BCUT2D eigenvalue weighted by atomic mass is 10.2. The third kappa shape index (κ3) is 4.18. The topological polar surface area (TPSA) is 98.6 Å². The van der Waals surface area contributed by atoms with Crippen molar-refractivity contribution >= 4 is 23.1 Å². The first-order chi connectivity index (χ1) is 14.4. The number of amides is 1. The Morgan fingerprint density at radius 2 is 2.03 bits per heavy atom. The number of halogens is 1. The van der Waals surface area contributed by atoms with Crippen molar-refractivity contribution in [1.29, 1.82) is 0 Å². The van der Waals surface area contributed by atoms with Gasteiger partial charge in [-0.05, 0) is 30.2 Å². The number of carbonyl (C=O) groups is 1. The normalized spacial score (nSPS) is 15.0. The molecule has 0 aromatic carbocycles. The Balaban J connectivity index is 1.40. The summed E-state index contributed by atoms with van der Waals surface area (Å²) >= 11 is 0. The quantitative estimate of drug-likeness (QED) is 0.614. The molecule has 4 heterocycles. The number of aromatic amines is 1. The van der Waals surface area contributed by atoms with Gasteiger partial charge in [-0.2, -0.15) is 9.49 Å². The molecule has 10 heteroatoms. The van der Waals surface area contributed by atoms with Crippen LogP contribution in [0.1, 0.15) is 25.1 Å². The van der Waals surface area contributed by atoms with Gasteiger partial charge in [-0.15, -0.1) is 0 Å². The van der Waals surface area contributed by atoms with Crippen LogP contribution in [0.25, 0.3) is 5.65 Å². The zero-order chi connectivity index (χ0) is 21.3. The van der Waals surface area contributed by atoms with E-state index in [4.69, 9.17) is 0 Å². The van der Waals surface area contributed by atoms with Crippen molar-refractivity contribution in [3.05, 3.63) is 52.0 Å². The molecule has 1 amide bonds. The van der Waals surface area contributed by atoms with Gasteiger partial charge in [-0.1, -0.05) is 6.92 Å². The second kappa shape index (κ2) is 8.23. The molecule has 1 fully saturated rings. The standard InChI is InChI=1S/C20H24FN7O2/c1-3-15-20(30)24-18-10-14(12-28(18)25-15)11-26-6-8-27(9-7-26)16-4-5-17(22-13(2)29)23-19(16)21/h4-5,10,12H,3,6-9,11H2,1-2H3,(H,24,30)(H,22,23,29). The number of nitrogens with one attached hydrogen (secondary N) is 2. The minimum absolute atomic E-state index is 0.150. The Morgan fingerprint density at radius 3 is 2.70 bits per heavy atom. The molecular formula is C20H24FN7O2. The summed E-state index contributed by atoms with van der Waals surface area (Å²) in [5, 5.41) is 6.85. The Hall–Kier alpha value is -3.27. The number of aryl methyl sites for hydroxylation is 1. The average molecular weight is 413 g/mol. The monoisotopic (exact) mass is 413 g/mol. The van der Waals surface area contributed by atoms with Gasteiger partial charge < -0.3 is 15.2 Å². The van der Waals surface area contributed by atoms with Crippen LogP contribution >= 0.6 is 0 Å². The number of anilines is 2. The Bertz CT molecular complexity index is 1130. The maximum atomic E-state index is 14.4. The fourth-order valence-corrected chi connectivity index (χ4v) is 3.68. The third-order valence-electron chi connectivity index (χ3n) is 5.18. The average Bonchev–Trinajstić information content (AvgIpc) is 3.08. The summed E-state index contributed by atoms with van der Waals surface area (Å²) in [5.41, 5.74) is 2.54. The number of H-pyrrole nitrogens is 1. The number of rotatable bonds is 5. The molecule has 30 heavy (non-hydrogen) atoms. The van der Waals surface area contributed by atoms with Crippen molar-refractivity contribution in [1.82, 2.24) is 24.5 Å². The highest BCUT2D eigenvalue weighted by molar-refractivity contribution is 5.87. The number of pyridine rings is 1. The van der Waals surface area contributed by atoms with Crippen LogP contribution in [0.15, 0.2) is 29.2 Å². The van der Waals surface area contributed by atoms with E-state index in [2.05, 4.69) is 25.3 Å². The Labute approximate surface area is 172 Å². The van der Waals surface area contributed by atoms with Gasteiger partial charge in [0.05, 0.1) is 5.69 Å². The van der Waals surface area contributed by atoms with E-state index >= 15 is 0 Å². The summed E-state index contributed by atoms with van der Waals surface area (Å²) in [6.45, 7) is 6.85. The molecule has 1 aliphatic heterocycles. The number of carbonyl (C=O) groups excluding carboxylic acids is 1. The van der Waals surface area contributed by atoms with Gasteiger partial charge in [0.25, 0.3) is 5.56 Å². The minimum atomic E-state index is -0.588. The molecule has 1 aliphatic rings. The van der Waals surface area contributed by atoms with E-state index < -0.39 is 5.95 Å². The predicted molar refractivity (Wildman–Crippen MR) is 111 cm³/mol. The second-order valence-corrected chi connectivity index (χ2v) is 7.38. The molecule has 0 spiro atoms. The van der Waals surface area contributed by atoms with Crippen molar-refractivity contribution < 1.29 is 9.18 Å². The van der Waals surface area contributed by atoms with E-state index in [0.717, 1.165) is 25.2 Å². The largest absolute Gasteiger partial charge is 0.365 e. The van der Waals surface area contributed by atoms with Crippen molar-refractivity contribution in [2.24, 2.45) is 0 Å². The third-order valence-corrected chi connectivity index (χ3v) is 5.18. The van der Waals surface area contributed by atoms with E-state index in [0.29, 0.717) is 36.5 Å². The van der Waals surface area contributed by atoms with Crippen molar-refractivity contribution in [2.45, 2.75) is 26.8 Å². The van der Waals surface area contributed by atoms with Gasteiger partial charge in [0, 0.05) is 45.8 Å². The van der Waals surface area contributed by atoms with E-state index in [1.807, 2.05) is 24.1 Å². The first-order valence-electron chi connectivity index (χ1n) is 9.95. The molecule has 3 aromatic rings. The highest BCUT2D eigenvalue weighted by Crippen LogP contribution is 2.22. The van der Waals surface area contributed by atoms with E-state index in [-0.39, 0.29) is 17.3 Å². The summed E-state index contributed by atoms with van der Waals surface area (Å²) in [4.78, 5) is 33.9. The molecule has 0 radical (unpaired) electrons. The summed E-state index contributed by atoms with van der Waals surface area (Å²) in [7, 11) is 0. The number of piperazine rings is 1. The Morgan fingerprint density at radius 1 is 1.27 bits per heavy atom. The number of fused-ring (bicyclic) bond motifs is 1. The molecular weight excluding hydrogens is 389 g/mol. The van der Waals surface area contributed by atoms with Gasteiger partial charge in [0.1, 0.15) is 17.2 Å². The lowest BCUT2D eigenvalue weighted by Crippen LogP contribution is -2.46. The van der Waals surface area contributed by atoms with Crippen LogP contribution in [0.4, 0.5) is 15.9 Å². The van der Waals surface area contributed by atoms with Crippen LogP contribution in [-0.4, -0.2) is 56.6 Å². The summed E-state index contributed by atoms with van der Waals surface area (Å²) in [6, 6.07) is 5.19. The molecule has 0 aliphatic carbocycles. The van der Waals surface area contributed by atoms with E-state index in [1.165, 1.54) is 6.92 Å². The molecule has 1 saturated heterocycles. The highest BCUT2D eigenvalue weighted by Gasteiger charge is 2.21. The maximum Gasteiger partial charge on any atom is 0.273 e. The smallest absolute Gasteiger partial charge is 0.273 e. The van der Waals surface area contributed by atoms with Crippen molar-refractivity contribution in [3.63, 3.8) is 0 Å². The van der Waals surface area contributed by atoms with E-state index in [9.17, 15) is 14.0 Å². The van der Waals surface area contributed by atoms with Crippen LogP contribution in [-0.2, 0) is 17.8 Å². The van der Waals surface area contributed by atoms with Crippen LogP contribution < -0.4 is 15.8 Å². The fraction of sp³-hybridized carbons (Fsp3) is 0.400. The number of hydrogen-bond donors (Lipinski definition) is 2. The SMILES string of the molecule is CCc1nn2cc(CN3CCN(c4ccc(NC(C)=O)nc4F)CC3)cc2[nH]c1=O. The second-order valence-electron chi connectivity index (χ2n) is 7.38. The number of hydrogen-bond acceptors (Lipinski definition) is 6. The van der Waals surface area contributed by atoms with Crippen molar-refractivity contribution in [3.8, 4) is 0 Å². The fourth-order valence-electron chi connectivity index (χ4n) is 3.68. The molecule has 9 nitrogen and oxygen atoms in total. The Kier molecular flexibility index (Phi) is 5.49. The minimum Gasteiger partial charge on any atom is -0.365 e. The van der Waals surface area contributed by atoms with Crippen LogP contribution in [0.5, 0.6) is 0 Å². The van der Waals surface area contributed by atoms with Gasteiger partial charge in [0.2, 0.25) is 11.9 Å². The summed E-state index contributed by atoms with van der Waals surface area (Å²) in [5.74, 6) is -0.664. The van der Waals surface area contributed by atoms with Crippen LogP contribution in [0, 0.1) is 5.95 Å². The molecule has 0 saturated carbocycles. The lowest BCUT2D eigenvalue weighted by molar-refractivity contribution is -0.114. The number of nitrogens with zero attached hydrogens (tertiary/aromatic N) is 5. The molecule has 4 rings (SSSR count). The van der Waals surface area contributed by atoms with Crippen molar-refractivity contribution in [2.75, 3.05) is 36.4 Å². The molecule has 3 aromatic heterocycles. The summed E-state index contributed by atoms with van der Waals surface area (Å²) < 4.78 is 16.1. The van der Waals surface area contributed by atoms with Gasteiger partial charge in [-0.3, -0.25) is 14.5 Å². The first kappa shape index (κ1) is 20.0. The van der Waals surface area contributed by atoms with Gasteiger partial charge in [-0.25, -0.2) is 9.50 Å². The van der Waals surface area contributed by atoms with Crippen LogP contribution in [0.2, 0.25) is 0 Å². The van der Waals surface area contributed by atoms with Gasteiger partial charge in [0.15, 0.2) is 0 Å². The highest BCUT2D eigenvalue weighted by atomic mass is 19.1. The molecule has 0 atom stereocenters. The maximum absolute atomic E-state index is 14.4. The molecule has 0 unspecified atom stereocenters. The van der Waals surface area contributed by atoms with Gasteiger partial charge >= 0.3 is 0 Å². The zero-order valence-electron chi connectivity index (χ0n) is 17.0. The van der Waals surface area contributed by atoms with Crippen LogP contribution in [0.3, 0.4) is 0 Å². The summed E-state index contributed by atoms with van der Waals surface area (Å²) in [6.07, 6.45) is 2.51.